The molecular weight excluding hydrogens is 248 g/mol. The van der Waals surface area contributed by atoms with E-state index in [4.69, 9.17) is 9.47 Å². The summed E-state index contributed by atoms with van der Waals surface area (Å²) in [5.41, 5.74) is 0.646. The molecule has 5 heteroatoms. The normalized spacial score (nSPS) is 17.2. The second-order valence-electron chi connectivity index (χ2n) is 4.63. The number of fused-ring (bicyclic) bond motifs is 1. The highest BCUT2D eigenvalue weighted by molar-refractivity contribution is 5.96. The van der Waals surface area contributed by atoms with Gasteiger partial charge in [0, 0.05) is 0 Å². The van der Waals surface area contributed by atoms with Gasteiger partial charge in [0.05, 0.1) is 18.2 Å². The molecule has 0 aliphatic carbocycles. The highest BCUT2D eigenvalue weighted by Gasteiger charge is 2.36. The first-order valence-corrected chi connectivity index (χ1v) is 6.43. The van der Waals surface area contributed by atoms with E-state index in [-0.39, 0.29) is 22.8 Å². The van der Waals surface area contributed by atoms with Crippen LogP contribution < -0.4 is 4.74 Å². The van der Waals surface area contributed by atoms with Crippen molar-refractivity contribution in [3.63, 3.8) is 0 Å². The monoisotopic (exact) mass is 266 g/mol. The molecule has 0 saturated carbocycles. The molecule has 0 spiro atoms. The predicted octanol–water partition coefficient (Wildman–Crippen LogP) is 2.90. The van der Waals surface area contributed by atoms with Crippen molar-refractivity contribution in [1.29, 1.82) is 0 Å². The number of carbonyl (C=O) groups is 1. The molecule has 104 valence electrons. The maximum absolute atomic E-state index is 11.8. The second-order valence-corrected chi connectivity index (χ2v) is 4.63. The van der Waals surface area contributed by atoms with Crippen LogP contribution in [0.5, 0.6) is 17.2 Å². The van der Waals surface area contributed by atoms with Crippen LogP contribution in [0.25, 0.3) is 0 Å². The molecule has 19 heavy (non-hydrogen) atoms. The number of methoxy groups -OCH3 is 1. The minimum absolute atomic E-state index is 0.0717. The molecule has 1 aliphatic heterocycles. The van der Waals surface area contributed by atoms with Crippen molar-refractivity contribution in [2.45, 2.75) is 38.7 Å². The number of hydrogen-bond acceptors (Lipinski definition) is 5. The number of hydrogen-bond donors (Lipinski definition) is 2. The van der Waals surface area contributed by atoms with Gasteiger partial charge in [-0.2, -0.15) is 0 Å². The lowest BCUT2D eigenvalue weighted by atomic mass is 9.98. The summed E-state index contributed by atoms with van der Waals surface area (Å²) in [6, 6.07) is 1.41. The Labute approximate surface area is 111 Å². The lowest BCUT2D eigenvalue weighted by molar-refractivity contribution is 0.0360. The first kappa shape index (κ1) is 13.5. The third kappa shape index (κ3) is 2.32. The van der Waals surface area contributed by atoms with Crippen molar-refractivity contribution in [2.24, 2.45) is 0 Å². The molecule has 1 heterocycles. The van der Waals surface area contributed by atoms with E-state index in [2.05, 4.69) is 6.92 Å². The quantitative estimate of drug-likeness (QED) is 0.487. The van der Waals surface area contributed by atoms with Crippen molar-refractivity contribution in [3.05, 3.63) is 17.2 Å². The van der Waals surface area contributed by atoms with Crippen LogP contribution >= 0.6 is 0 Å². The van der Waals surface area contributed by atoms with Crippen LogP contribution in [0.3, 0.4) is 0 Å². The Morgan fingerprint density at radius 3 is 2.68 bits per heavy atom. The van der Waals surface area contributed by atoms with Gasteiger partial charge in [0.25, 0.3) is 0 Å². The molecule has 1 aromatic rings. The van der Waals surface area contributed by atoms with Gasteiger partial charge in [0.15, 0.2) is 11.5 Å². The Morgan fingerprint density at radius 1 is 1.32 bits per heavy atom. The molecule has 0 bridgehead atoms. The molecule has 0 saturated heterocycles. The molecule has 2 rings (SSSR count). The molecule has 0 radical (unpaired) electrons. The van der Waals surface area contributed by atoms with Crippen molar-refractivity contribution < 1.29 is 24.5 Å². The van der Waals surface area contributed by atoms with Crippen LogP contribution in [0.2, 0.25) is 0 Å². The van der Waals surface area contributed by atoms with Crippen molar-refractivity contribution >= 4 is 5.97 Å². The van der Waals surface area contributed by atoms with Crippen LogP contribution in [0.1, 0.15) is 54.6 Å². The number of carbonyl (C=O) groups excluding carboxylic acids is 1. The van der Waals surface area contributed by atoms with Crippen LogP contribution in [-0.4, -0.2) is 23.3 Å². The molecule has 1 unspecified atom stereocenters. The molecule has 1 aromatic carbocycles. The summed E-state index contributed by atoms with van der Waals surface area (Å²) in [4.78, 5) is 11.8. The van der Waals surface area contributed by atoms with E-state index in [0.717, 1.165) is 19.3 Å². The number of phenols is 2. The maximum atomic E-state index is 11.8. The zero-order valence-corrected chi connectivity index (χ0v) is 11.1. The maximum Gasteiger partial charge on any atom is 0.339 e. The fourth-order valence-electron chi connectivity index (χ4n) is 2.33. The third-order valence-corrected chi connectivity index (χ3v) is 3.36. The SMILES string of the molecule is CCCCCC1OC(=O)c2cc(OC)c(O)c(O)c21. The summed E-state index contributed by atoms with van der Waals surface area (Å²) in [5, 5.41) is 19.8. The number of phenolic OH excluding ortho intramolecular Hbond substituents is 2. The number of benzene rings is 1. The average molecular weight is 266 g/mol. The highest BCUT2D eigenvalue weighted by Crippen LogP contribution is 2.48. The minimum atomic E-state index is -0.481. The summed E-state index contributed by atoms with van der Waals surface area (Å²) < 4.78 is 10.2. The van der Waals surface area contributed by atoms with Crippen LogP contribution in [0.4, 0.5) is 0 Å². The Hall–Kier alpha value is -1.91. The Balaban J connectivity index is 2.35. The summed E-state index contributed by atoms with van der Waals surface area (Å²) in [7, 11) is 1.36. The van der Waals surface area contributed by atoms with Crippen molar-refractivity contribution in [2.75, 3.05) is 7.11 Å². The highest BCUT2D eigenvalue weighted by atomic mass is 16.5. The van der Waals surface area contributed by atoms with Crippen molar-refractivity contribution in [1.82, 2.24) is 0 Å². The van der Waals surface area contributed by atoms with Gasteiger partial charge in [0.1, 0.15) is 6.10 Å². The second kappa shape index (κ2) is 5.38. The molecule has 2 N–H and O–H groups in total. The molecule has 5 nitrogen and oxygen atoms in total. The molecule has 0 fully saturated rings. The summed E-state index contributed by atoms with van der Waals surface area (Å²) >= 11 is 0. The number of cyclic esters (lactones) is 1. The molecule has 1 atom stereocenters. The smallest absolute Gasteiger partial charge is 0.339 e. The fourth-order valence-corrected chi connectivity index (χ4v) is 2.33. The summed E-state index contributed by atoms with van der Waals surface area (Å²) in [5.74, 6) is -1.07. The first-order valence-electron chi connectivity index (χ1n) is 6.43. The Morgan fingerprint density at radius 2 is 2.05 bits per heavy atom. The van der Waals surface area contributed by atoms with Crippen LogP contribution in [0.15, 0.2) is 6.07 Å². The zero-order chi connectivity index (χ0) is 14.0. The van der Waals surface area contributed by atoms with E-state index in [1.54, 1.807) is 0 Å². The molecule has 1 aliphatic rings. The predicted molar refractivity (Wildman–Crippen MR) is 68.6 cm³/mol. The van der Waals surface area contributed by atoms with E-state index in [1.165, 1.54) is 13.2 Å². The van der Waals surface area contributed by atoms with Crippen LogP contribution in [0, 0.1) is 0 Å². The lowest BCUT2D eigenvalue weighted by Gasteiger charge is -2.13. The van der Waals surface area contributed by atoms with E-state index >= 15 is 0 Å². The lowest BCUT2D eigenvalue weighted by Crippen LogP contribution is -1.98. The number of rotatable bonds is 5. The van der Waals surface area contributed by atoms with E-state index in [9.17, 15) is 15.0 Å². The standard InChI is InChI=1S/C14H18O5/c1-3-4-5-6-9-11-8(14(17)19-9)7-10(18-2)12(15)13(11)16/h7,9,15-16H,3-6H2,1-2H3. The Kier molecular flexibility index (Phi) is 3.83. The van der Waals surface area contributed by atoms with Gasteiger partial charge in [-0.25, -0.2) is 4.79 Å². The van der Waals surface area contributed by atoms with Crippen molar-refractivity contribution in [3.8, 4) is 17.2 Å². The number of unbranched alkanes of at least 4 members (excludes halogenated alkanes) is 2. The number of ether oxygens (including phenoxy) is 2. The van der Waals surface area contributed by atoms with Crippen LogP contribution in [-0.2, 0) is 4.74 Å². The number of esters is 1. The van der Waals surface area contributed by atoms with Gasteiger partial charge in [0.2, 0.25) is 5.75 Å². The molecular formula is C14H18O5. The fraction of sp³-hybridized carbons (Fsp3) is 0.500. The van der Waals surface area contributed by atoms with Gasteiger partial charge < -0.3 is 19.7 Å². The van der Waals surface area contributed by atoms with Gasteiger partial charge in [-0.15, -0.1) is 0 Å². The summed E-state index contributed by atoms with van der Waals surface area (Å²) in [6.45, 7) is 2.09. The number of aromatic hydroxyl groups is 2. The van der Waals surface area contributed by atoms with E-state index in [0.29, 0.717) is 12.0 Å². The topological polar surface area (TPSA) is 76.0 Å². The largest absolute Gasteiger partial charge is 0.504 e. The van der Waals surface area contributed by atoms with E-state index in [1.807, 2.05) is 0 Å². The minimum Gasteiger partial charge on any atom is -0.504 e. The summed E-state index contributed by atoms with van der Waals surface area (Å²) in [6.07, 6.45) is 3.16. The van der Waals surface area contributed by atoms with E-state index < -0.39 is 12.1 Å². The van der Waals surface area contributed by atoms with Gasteiger partial charge in [-0.1, -0.05) is 19.8 Å². The zero-order valence-electron chi connectivity index (χ0n) is 11.1. The average Bonchev–Trinajstić information content (AvgIpc) is 2.71. The Bertz CT molecular complexity index is 495. The van der Waals surface area contributed by atoms with Gasteiger partial charge in [-0.3, -0.25) is 0 Å². The third-order valence-electron chi connectivity index (χ3n) is 3.36. The van der Waals surface area contributed by atoms with Gasteiger partial charge in [-0.05, 0) is 18.9 Å². The van der Waals surface area contributed by atoms with Gasteiger partial charge >= 0.3 is 5.97 Å². The first-order chi connectivity index (χ1) is 9.10. The molecule has 0 amide bonds. The molecule has 0 aromatic heterocycles.